The smallest absolute Gasteiger partial charge is 0.256 e. The van der Waals surface area contributed by atoms with Crippen LogP contribution in [-0.2, 0) is 4.79 Å². The Morgan fingerprint density at radius 1 is 1.11 bits per heavy atom. The average Bonchev–Trinajstić information content (AvgIpc) is 3.38. The summed E-state index contributed by atoms with van der Waals surface area (Å²) >= 11 is 0. The van der Waals surface area contributed by atoms with Gasteiger partial charge in [0.05, 0.1) is 7.11 Å². The fraction of sp³-hybridized carbons (Fsp3) is 0.348. The molecule has 5 heteroatoms. The van der Waals surface area contributed by atoms with E-state index in [-0.39, 0.29) is 17.8 Å². The summed E-state index contributed by atoms with van der Waals surface area (Å²) in [4.78, 5) is 12.4. The summed E-state index contributed by atoms with van der Waals surface area (Å²) in [5, 5.41) is 12.6. The fourth-order valence-corrected chi connectivity index (χ4v) is 4.85. The lowest BCUT2D eigenvalue weighted by molar-refractivity contribution is -0.110. The van der Waals surface area contributed by atoms with E-state index in [2.05, 4.69) is 5.32 Å². The van der Waals surface area contributed by atoms with Crippen molar-refractivity contribution in [1.29, 1.82) is 0 Å². The van der Waals surface area contributed by atoms with Crippen LogP contribution >= 0.6 is 0 Å². The van der Waals surface area contributed by atoms with E-state index in [1.54, 1.807) is 25.3 Å². The monoisotopic (exact) mass is 377 g/mol. The van der Waals surface area contributed by atoms with Crippen LogP contribution in [0.5, 0.6) is 17.2 Å². The quantitative estimate of drug-likeness (QED) is 0.610. The van der Waals surface area contributed by atoms with Crippen molar-refractivity contribution in [1.82, 2.24) is 0 Å². The zero-order valence-electron chi connectivity index (χ0n) is 15.8. The number of methoxy groups -OCH3 is 1. The van der Waals surface area contributed by atoms with E-state index in [1.807, 2.05) is 24.3 Å². The van der Waals surface area contributed by atoms with E-state index in [0.29, 0.717) is 28.5 Å². The number of amides is 1. The number of hydrogen-bond acceptors (Lipinski definition) is 4. The topological polar surface area (TPSA) is 67.8 Å². The Balaban J connectivity index is 1.47. The summed E-state index contributed by atoms with van der Waals surface area (Å²) in [6.07, 6.45) is 7.05. The van der Waals surface area contributed by atoms with Gasteiger partial charge in [-0.3, -0.25) is 4.79 Å². The van der Waals surface area contributed by atoms with Crippen molar-refractivity contribution in [2.75, 3.05) is 12.4 Å². The Bertz CT molecular complexity index is 981. The van der Waals surface area contributed by atoms with E-state index in [1.165, 1.54) is 19.3 Å². The minimum absolute atomic E-state index is 0.135. The third-order valence-electron chi connectivity index (χ3n) is 6.24. The van der Waals surface area contributed by atoms with Crippen LogP contribution < -0.4 is 14.8 Å². The van der Waals surface area contributed by atoms with Gasteiger partial charge in [0.2, 0.25) is 0 Å². The summed E-state index contributed by atoms with van der Waals surface area (Å²) in [7, 11) is 1.64. The molecule has 2 N–H and O–H groups in total. The van der Waals surface area contributed by atoms with Gasteiger partial charge in [0.15, 0.2) is 11.5 Å². The first-order valence-electron chi connectivity index (χ1n) is 9.82. The lowest BCUT2D eigenvalue weighted by Crippen LogP contribution is -2.23. The second-order valence-corrected chi connectivity index (χ2v) is 7.98. The normalized spacial score (nSPS) is 26.4. The highest BCUT2D eigenvalue weighted by molar-refractivity contribution is 6.35. The molecule has 2 bridgehead atoms. The summed E-state index contributed by atoms with van der Waals surface area (Å²) in [5.74, 6) is 2.84. The highest BCUT2D eigenvalue weighted by Gasteiger charge is 2.41. The molecule has 0 aromatic heterocycles. The third kappa shape index (κ3) is 2.91. The van der Waals surface area contributed by atoms with Gasteiger partial charge in [-0.2, -0.15) is 0 Å². The molecule has 1 aliphatic heterocycles. The van der Waals surface area contributed by atoms with Crippen LogP contribution in [0.3, 0.4) is 0 Å². The highest BCUT2D eigenvalue weighted by atomic mass is 16.5. The number of phenolic OH excluding ortho intramolecular Hbond substituents is 1. The van der Waals surface area contributed by atoms with Gasteiger partial charge in [0.1, 0.15) is 11.9 Å². The molecular formula is C23H23NO4. The zero-order valence-corrected chi connectivity index (χ0v) is 15.8. The molecule has 3 aliphatic rings. The summed E-state index contributed by atoms with van der Waals surface area (Å²) in [5.41, 5.74) is 2.81. The van der Waals surface area contributed by atoms with Crippen molar-refractivity contribution in [2.45, 2.75) is 31.8 Å². The van der Waals surface area contributed by atoms with Crippen LogP contribution in [0.1, 0.15) is 36.8 Å². The zero-order chi connectivity index (χ0) is 19.3. The molecule has 2 aliphatic carbocycles. The molecule has 5 rings (SSSR count). The highest BCUT2D eigenvalue weighted by Crippen LogP contribution is 2.47. The number of carbonyl (C=O) groups excluding carboxylic acids is 1. The number of aromatic hydroxyl groups is 1. The molecule has 2 aromatic rings. The maximum Gasteiger partial charge on any atom is 0.256 e. The average molecular weight is 377 g/mol. The van der Waals surface area contributed by atoms with Crippen LogP contribution in [0.15, 0.2) is 36.4 Å². The van der Waals surface area contributed by atoms with Gasteiger partial charge in [0.25, 0.3) is 5.91 Å². The molecule has 0 saturated heterocycles. The van der Waals surface area contributed by atoms with Gasteiger partial charge >= 0.3 is 0 Å². The van der Waals surface area contributed by atoms with Crippen molar-refractivity contribution in [3.8, 4) is 17.2 Å². The second-order valence-electron chi connectivity index (χ2n) is 7.98. The Labute approximate surface area is 164 Å². The van der Waals surface area contributed by atoms with Gasteiger partial charge < -0.3 is 19.9 Å². The van der Waals surface area contributed by atoms with Crippen LogP contribution in [0, 0.1) is 11.8 Å². The molecule has 5 nitrogen and oxygen atoms in total. The van der Waals surface area contributed by atoms with Gasteiger partial charge in [-0.05, 0) is 79.5 Å². The molecule has 0 radical (unpaired) electrons. The van der Waals surface area contributed by atoms with Crippen molar-refractivity contribution < 1.29 is 19.4 Å². The van der Waals surface area contributed by atoms with E-state index < -0.39 is 0 Å². The van der Waals surface area contributed by atoms with E-state index >= 15 is 0 Å². The molecule has 2 fully saturated rings. The number of rotatable bonds is 4. The number of hydrogen-bond donors (Lipinski definition) is 2. The Morgan fingerprint density at radius 2 is 2.00 bits per heavy atom. The first-order valence-corrected chi connectivity index (χ1v) is 9.82. The fourth-order valence-electron chi connectivity index (χ4n) is 4.85. The molecule has 28 heavy (non-hydrogen) atoms. The first-order chi connectivity index (χ1) is 13.6. The number of fused-ring (bicyclic) bond motifs is 3. The number of benzene rings is 2. The first kappa shape index (κ1) is 17.2. The summed E-state index contributed by atoms with van der Waals surface area (Å²) < 4.78 is 11.9. The standard InChI is InChI=1S/C23H23NO4/c1-27-20-7-3-14(11-22(20)28-21-10-13-2-4-15(21)8-13)9-18-17-12-16(25)5-6-19(17)24-23(18)26/h3,5-7,9,11-13,15,21,25H,2,4,8,10H2,1H3,(H,24,26)/b18-9+/t13-,15+,21+/m1/s1. The molecule has 0 spiro atoms. The number of carbonyl (C=O) groups is 1. The minimum atomic E-state index is -0.174. The Hall–Kier alpha value is -2.95. The van der Waals surface area contributed by atoms with E-state index in [9.17, 15) is 9.90 Å². The van der Waals surface area contributed by atoms with Gasteiger partial charge in [0, 0.05) is 16.8 Å². The van der Waals surface area contributed by atoms with Gasteiger partial charge in [-0.1, -0.05) is 6.07 Å². The molecule has 2 aromatic carbocycles. The number of ether oxygens (including phenoxy) is 2. The maximum atomic E-state index is 12.4. The van der Waals surface area contributed by atoms with Crippen molar-refractivity contribution in [3.63, 3.8) is 0 Å². The molecule has 2 saturated carbocycles. The number of nitrogens with one attached hydrogen (secondary N) is 1. The lowest BCUT2D eigenvalue weighted by Gasteiger charge is -2.24. The number of anilines is 1. The van der Waals surface area contributed by atoms with Crippen molar-refractivity contribution >= 4 is 23.2 Å². The summed E-state index contributed by atoms with van der Waals surface area (Å²) in [6.45, 7) is 0. The lowest BCUT2D eigenvalue weighted by atomic mass is 9.97. The van der Waals surface area contributed by atoms with Crippen LogP contribution in [-0.4, -0.2) is 24.2 Å². The second kappa shape index (κ2) is 6.59. The molecule has 144 valence electrons. The van der Waals surface area contributed by atoms with Crippen molar-refractivity contribution in [3.05, 3.63) is 47.5 Å². The molecular weight excluding hydrogens is 354 g/mol. The van der Waals surface area contributed by atoms with Gasteiger partial charge in [-0.15, -0.1) is 0 Å². The van der Waals surface area contributed by atoms with E-state index in [0.717, 1.165) is 23.7 Å². The summed E-state index contributed by atoms with van der Waals surface area (Å²) in [6, 6.07) is 10.6. The van der Waals surface area contributed by atoms with Gasteiger partial charge in [-0.25, -0.2) is 0 Å². The number of phenols is 1. The molecule has 1 amide bonds. The van der Waals surface area contributed by atoms with Crippen LogP contribution in [0.4, 0.5) is 5.69 Å². The Kier molecular flexibility index (Phi) is 4.04. The van der Waals surface area contributed by atoms with E-state index in [4.69, 9.17) is 9.47 Å². The Morgan fingerprint density at radius 3 is 2.75 bits per heavy atom. The largest absolute Gasteiger partial charge is 0.508 e. The molecule has 1 heterocycles. The predicted molar refractivity (Wildman–Crippen MR) is 107 cm³/mol. The van der Waals surface area contributed by atoms with Crippen LogP contribution in [0.2, 0.25) is 0 Å². The molecule has 3 atom stereocenters. The third-order valence-corrected chi connectivity index (χ3v) is 6.24. The van der Waals surface area contributed by atoms with Crippen molar-refractivity contribution in [2.24, 2.45) is 11.8 Å². The molecule has 0 unspecified atom stereocenters. The maximum absolute atomic E-state index is 12.4. The predicted octanol–water partition coefficient (Wildman–Crippen LogP) is 4.46. The SMILES string of the molecule is COc1ccc(/C=C2/C(=O)Nc3ccc(O)cc32)cc1O[C@H]1C[C@@H]2CC[C@H]1C2. The van der Waals surface area contributed by atoms with Crippen LogP contribution in [0.25, 0.3) is 11.6 Å². The minimum Gasteiger partial charge on any atom is -0.508 e.